The van der Waals surface area contributed by atoms with Gasteiger partial charge in [-0.3, -0.25) is 20.9 Å². The Morgan fingerprint density at radius 2 is 2.19 bits per heavy atom. The van der Waals surface area contributed by atoms with Gasteiger partial charge in [0.1, 0.15) is 5.82 Å². The second kappa shape index (κ2) is 7.11. The number of hydrogen-bond donors (Lipinski definition) is 2. The van der Waals surface area contributed by atoms with Crippen molar-refractivity contribution in [3.05, 3.63) is 45.7 Å². The van der Waals surface area contributed by atoms with Crippen LogP contribution in [0.3, 0.4) is 0 Å². The Bertz CT molecular complexity index is 613. The van der Waals surface area contributed by atoms with Crippen molar-refractivity contribution in [2.45, 2.75) is 39.3 Å². The lowest BCUT2D eigenvalue weighted by Gasteiger charge is -2.17. The zero-order valence-electron chi connectivity index (χ0n) is 12.1. The summed E-state index contributed by atoms with van der Waals surface area (Å²) >= 11 is 3.61. The van der Waals surface area contributed by atoms with Crippen LogP contribution in [0.2, 0.25) is 0 Å². The minimum atomic E-state index is -0.370. The second-order valence-electron chi connectivity index (χ2n) is 4.74. The van der Waals surface area contributed by atoms with Gasteiger partial charge in [0.2, 0.25) is 0 Å². The van der Waals surface area contributed by atoms with Gasteiger partial charge in [0.25, 0.3) is 0 Å². The molecule has 1 unspecified atom stereocenters. The van der Waals surface area contributed by atoms with Crippen LogP contribution in [-0.4, -0.2) is 14.8 Å². The third-order valence-corrected chi connectivity index (χ3v) is 4.34. The summed E-state index contributed by atoms with van der Waals surface area (Å²) in [6.07, 6.45) is 4.25. The Labute approximate surface area is 131 Å². The SMILES string of the molecule is CCc1nn(CC)c(CC(NN)c2cncc(F)c2)c1Br. The summed E-state index contributed by atoms with van der Waals surface area (Å²) in [5, 5.41) is 4.56. The van der Waals surface area contributed by atoms with E-state index >= 15 is 0 Å². The Morgan fingerprint density at radius 1 is 1.43 bits per heavy atom. The van der Waals surface area contributed by atoms with Crippen molar-refractivity contribution in [2.75, 3.05) is 0 Å². The first-order valence-electron chi connectivity index (χ1n) is 6.91. The van der Waals surface area contributed by atoms with E-state index in [-0.39, 0.29) is 11.9 Å². The van der Waals surface area contributed by atoms with Crippen LogP contribution in [-0.2, 0) is 19.4 Å². The van der Waals surface area contributed by atoms with Gasteiger partial charge in [-0.05, 0) is 40.9 Å². The number of aromatic nitrogens is 3. The third-order valence-electron chi connectivity index (χ3n) is 3.42. The van der Waals surface area contributed by atoms with Crippen molar-refractivity contribution in [1.82, 2.24) is 20.2 Å². The van der Waals surface area contributed by atoms with E-state index in [0.29, 0.717) is 12.0 Å². The lowest BCUT2D eigenvalue weighted by atomic mass is 10.0. The molecule has 5 nitrogen and oxygen atoms in total. The van der Waals surface area contributed by atoms with E-state index in [1.165, 1.54) is 12.3 Å². The van der Waals surface area contributed by atoms with Gasteiger partial charge < -0.3 is 0 Å². The molecule has 0 fully saturated rings. The monoisotopic (exact) mass is 355 g/mol. The quantitative estimate of drug-likeness (QED) is 0.617. The van der Waals surface area contributed by atoms with Crippen molar-refractivity contribution in [2.24, 2.45) is 5.84 Å². The van der Waals surface area contributed by atoms with E-state index in [2.05, 4.69) is 38.4 Å². The minimum absolute atomic E-state index is 0.226. The third kappa shape index (κ3) is 3.48. The zero-order chi connectivity index (χ0) is 15.4. The number of nitrogens with two attached hydrogens (primary N) is 1. The molecule has 114 valence electrons. The molecule has 3 N–H and O–H groups in total. The van der Waals surface area contributed by atoms with Crippen molar-refractivity contribution in [3.8, 4) is 0 Å². The Hall–Kier alpha value is -1.31. The first-order chi connectivity index (χ1) is 10.1. The van der Waals surface area contributed by atoms with Crippen molar-refractivity contribution in [1.29, 1.82) is 0 Å². The van der Waals surface area contributed by atoms with E-state index in [0.717, 1.165) is 28.8 Å². The molecule has 7 heteroatoms. The summed E-state index contributed by atoms with van der Waals surface area (Å²) in [6.45, 7) is 4.87. The summed E-state index contributed by atoms with van der Waals surface area (Å²) in [7, 11) is 0. The molecule has 0 aliphatic carbocycles. The van der Waals surface area contributed by atoms with Crippen LogP contribution in [0.5, 0.6) is 0 Å². The molecule has 2 aromatic rings. The minimum Gasteiger partial charge on any atom is -0.271 e. The molecule has 0 bridgehead atoms. The van der Waals surface area contributed by atoms with Crippen LogP contribution in [0.4, 0.5) is 4.39 Å². The molecular formula is C14H19BrFN5. The number of pyridine rings is 1. The molecule has 21 heavy (non-hydrogen) atoms. The van der Waals surface area contributed by atoms with E-state index < -0.39 is 0 Å². The summed E-state index contributed by atoms with van der Waals surface area (Å²) in [5.74, 6) is 5.27. The second-order valence-corrected chi connectivity index (χ2v) is 5.53. The van der Waals surface area contributed by atoms with Crippen LogP contribution < -0.4 is 11.3 Å². The standard InChI is InChI=1S/C14H19BrFN5/c1-3-11-14(15)13(21(4-2)20-11)6-12(19-17)9-5-10(16)8-18-7-9/h5,7-8,12,19H,3-4,6,17H2,1-2H3. The normalized spacial score (nSPS) is 12.6. The number of rotatable bonds is 6. The fourth-order valence-electron chi connectivity index (χ4n) is 2.30. The number of hydrogen-bond acceptors (Lipinski definition) is 4. The lowest BCUT2D eigenvalue weighted by molar-refractivity contribution is 0.510. The maximum absolute atomic E-state index is 13.3. The number of nitrogens with zero attached hydrogens (tertiary/aromatic N) is 3. The van der Waals surface area contributed by atoms with Crippen LogP contribution in [0.25, 0.3) is 0 Å². The Kier molecular flexibility index (Phi) is 5.44. The van der Waals surface area contributed by atoms with Gasteiger partial charge in [-0.2, -0.15) is 5.10 Å². The lowest BCUT2D eigenvalue weighted by Crippen LogP contribution is -2.30. The number of halogens is 2. The molecule has 1 atom stereocenters. The Morgan fingerprint density at radius 3 is 2.76 bits per heavy atom. The maximum Gasteiger partial charge on any atom is 0.141 e. The highest BCUT2D eigenvalue weighted by molar-refractivity contribution is 9.10. The van der Waals surface area contributed by atoms with Crippen LogP contribution in [0, 0.1) is 5.82 Å². The highest BCUT2D eigenvalue weighted by atomic mass is 79.9. The van der Waals surface area contributed by atoms with Crippen molar-refractivity contribution in [3.63, 3.8) is 0 Å². The molecule has 0 spiro atoms. The highest BCUT2D eigenvalue weighted by Gasteiger charge is 2.19. The molecule has 0 amide bonds. The molecule has 0 aliphatic rings. The van der Waals surface area contributed by atoms with Gasteiger partial charge in [0, 0.05) is 19.2 Å². The number of hydrazine groups is 1. The van der Waals surface area contributed by atoms with Crippen molar-refractivity contribution < 1.29 is 4.39 Å². The predicted molar refractivity (Wildman–Crippen MR) is 82.9 cm³/mol. The van der Waals surface area contributed by atoms with Gasteiger partial charge in [-0.1, -0.05) is 6.92 Å². The zero-order valence-corrected chi connectivity index (χ0v) is 13.7. The molecule has 0 aromatic carbocycles. The average Bonchev–Trinajstić information content (AvgIpc) is 2.80. The van der Waals surface area contributed by atoms with E-state index in [4.69, 9.17) is 5.84 Å². The molecule has 0 saturated heterocycles. The fourth-order valence-corrected chi connectivity index (χ4v) is 3.02. The van der Waals surface area contributed by atoms with Crippen molar-refractivity contribution >= 4 is 15.9 Å². The van der Waals surface area contributed by atoms with E-state index in [1.54, 1.807) is 6.20 Å². The molecule has 0 saturated carbocycles. The number of aryl methyl sites for hydroxylation is 2. The van der Waals surface area contributed by atoms with Crippen LogP contribution in [0.1, 0.15) is 36.8 Å². The van der Waals surface area contributed by atoms with Gasteiger partial charge in [0.15, 0.2) is 0 Å². The average molecular weight is 356 g/mol. The van der Waals surface area contributed by atoms with Gasteiger partial charge in [-0.15, -0.1) is 0 Å². The molecule has 2 heterocycles. The van der Waals surface area contributed by atoms with Gasteiger partial charge in [-0.25, -0.2) is 4.39 Å². The maximum atomic E-state index is 13.3. The first kappa shape index (κ1) is 16.1. The van der Waals surface area contributed by atoms with Crippen LogP contribution in [0.15, 0.2) is 22.9 Å². The van der Waals surface area contributed by atoms with E-state index in [1.807, 2.05) is 11.6 Å². The summed E-state index contributed by atoms with van der Waals surface area (Å²) in [6, 6.07) is 1.22. The van der Waals surface area contributed by atoms with E-state index in [9.17, 15) is 4.39 Å². The highest BCUT2D eigenvalue weighted by Crippen LogP contribution is 2.27. The topological polar surface area (TPSA) is 68.8 Å². The van der Waals surface area contributed by atoms with Gasteiger partial charge in [0.05, 0.1) is 28.1 Å². The first-order valence-corrected chi connectivity index (χ1v) is 7.70. The predicted octanol–water partition coefficient (Wildman–Crippen LogP) is 2.51. The number of nitrogens with one attached hydrogen (secondary N) is 1. The summed E-state index contributed by atoms with van der Waals surface area (Å²) < 4.78 is 16.3. The largest absolute Gasteiger partial charge is 0.271 e. The Balaban J connectivity index is 2.32. The summed E-state index contributed by atoms with van der Waals surface area (Å²) in [4.78, 5) is 3.88. The smallest absolute Gasteiger partial charge is 0.141 e. The molecule has 0 radical (unpaired) electrons. The molecule has 0 aliphatic heterocycles. The molecule has 2 aromatic heterocycles. The van der Waals surface area contributed by atoms with Gasteiger partial charge >= 0.3 is 0 Å². The van der Waals surface area contributed by atoms with Crippen LogP contribution >= 0.6 is 15.9 Å². The summed E-state index contributed by atoms with van der Waals surface area (Å²) in [5.41, 5.74) is 5.50. The molecular weight excluding hydrogens is 337 g/mol. The fraction of sp³-hybridized carbons (Fsp3) is 0.429. The molecule has 2 rings (SSSR count).